The summed E-state index contributed by atoms with van der Waals surface area (Å²) >= 11 is 0. The summed E-state index contributed by atoms with van der Waals surface area (Å²) in [5.74, 6) is 1.18. The molecular weight excluding hydrogens is 270 g/mol. The highest BCUT2D eigenvalue weighted by atomic mass is 16.1. The second-order valence-corrected chi connectivity index (χ2v) is 4.49. The Morgan fingerprint density at radius 1 is 1.38 bits per heavy atom. The number of imidazole rings is 1. The van der Waals surface area contributed by atoms with Crippen molar-refractivity contribution in [3.63, 3.8) is 0 Å². The highest BCUT2D eigenvalue weighted by Crippen LogP contribution is 2.09. The van der Waals surface area contributed by atoms with Gasteiger partial charge in [0.1, 0.15) is 12.2 Å². The Morgan fingerprint density at radius 2 is 2.29 bits per heavy atom. The van der Waals surface area contributed by atoms with Gasteiger partial charge in [-0.3, -0.25) is 4.79 Å². The van der Waals surface area contributed by atoms with E-state index in [2.05, 4.69) is 30.4 Å². The molecule has 0 bridgehead atoms. The van der Waals surface area contributed by atoms with Crippen LogP contribution < -0.4 is 5.32 Å². The first-order valence-electron chi connectivity index (χ1n) is 6.73. The van der Waals surface area contributed by atoms with Crippen LogP contribution in [0.3, 0.4) is 0 Å². The average molecular weight is 285 g/mol. The standard InChI is InChI=1S/C13H15N7O/c1-2-10-9(7-17-13-18-8-19-20(10)13)12(21)16-4-3-11-14-5-6-15-11/h5-8H,2-4H2,1H3,(H,14,15)(H,16,21). The number of hydrogen-bond acceptors (Lipinski definition) is 5. The third-order valence-electron chi connectivity index (χ3n) is 3.19. The molecule has 1 amide bonds. The van der Waals surface area contributed by atoms with Crippen molar-refractivity contribution in [2.45, 2.75) is 19.8 Å². The first-order valence-corrected chi connectivity index (χ1v) is 6.73. The van der Waals surface area contributed by atoms with E-state index in [4.69, 9.17) is 0 Å². The number of H-pyrrole nitrogens is 1. The molecule has 2 N–H and O–H groups in total. The summed E-state index contributed by atoms with van der Waals surface area (Å²) in [5, 5.41) is 6.97. The van der Waals surface area contributed by atoms with Gasteiger partial charge < -0.3 is 10.3 Å². The number of amides is 1. The van der Waals surface area contributed by atoms with Gasteiger partial charge in [-0.15, -0.1) is 0 Å². The second-order valence-electron chi connectivity index (χ2n) is 4.49. The van der Waals surface area contributed by atoms with E-state index in [1.807, 2.05) is 6.92 Å². The number of hydrogen-bond donors (Lipinski definition) is 2. The van der Waals surface area contributed by atoms with Crippen molar-refractivity contribution in [3.8, 4) is 0 Å². The van der Waals surface area contributed by atoms with Crippen LogP contribution in [0, 0.1) is 0 Å². The third kappa shape index (κ3) is 2.60. The van der Waals surface area contributed by atoms with Crippen LogP contribution in [0.15, 0.2) is 24.9 Å². The summed E-state index contributed by atoms with van der Waals surface area (Å²) in [6.07, 6.45) is 7.75. The number of fused-ring (bicyclic) bond motifs is 1. The highest BCUT2D eigenvalue weighted by Gasteiger charge is 2.15. The maximum Gasteiger partial charge on any atom is 0.254 e. The number of carbonyl (C=O) groups is 1. The number of aromatic nitrogens is 6. The van der Waals surface area contributed by atoms with Crippen molar-refractivity contribution in [2.75, 3.05) is 6.54 Å². The maximum atomic E-state index is 12.3. The van der Waals surface area contributed by atoms with Gasteiger partial charge in [0.05, 0.1) is 11.3 Å². The Hall–Kier alpha value is -2.77. The Labute approximate surface area is 120 Å². The molecule has 108 valence electrons. The molecule has 0 saturated carbocycles. The molecule has 3 heterocycles. The van der Waals surface area contributed by atoms with Gasteiger partial charge in [-0.25, -0.2) is 14.5 Å². The molecule has 3 aromatic heterocycles. The molecule has 0 radical (unpaired) electrons. The normalized spacial score (nSPS) is 10.9. The Balaban J connectivity index is 1.74. The van der Waals surface area contributed by atoms with E-state index < -0.39 is 0 Å². The van der Waals surface area contributed by atoms with Gasteiger partial charge in [-0.1, -0.05) is 6.92 Å². The Kier molecular flexibility index (Phi) is 3.59. The molecule has 0 unspecified atom stereocenters. The zero-order chi connectivity index (χ0) is 14.7. The lowest BCUT2D eigenvalue weighted by atomic mass is 10.2. The van der Waals surface area contributed by atoms with Crippen LogP contribution in [-0.4, -0.2) is 42.0 Å². The van der Waals surface area contributed by atoms with Crippen LogP contribution >= 0.6 is 0 Å². The van der Waals surface area contributed by atoms with E-state index >= 15 is 0 Å². The average Bonchev–Trinajstić information content (AvgIpc) is 3.16. The summed E-state index contributed by atoms with van der Waals surface area (Å²) in [6, 6.07) is 0. The van der Waals surface area contributed by atoms with Crippen LogP contribution in [0.25, 0.3) is 5.78 Å². The fourth-order valence-corrected chi connectivity index (χ4v) is 2.18. The molecule has 3 rings (SSSR count). The van der Waals surface area contributed by atoms with Crippen molar-refractivity contribution < 1.29 is 4.79 Å². The fraction of sp³-hybridized carbons (Fsp3) is 0.308. The van der Waals surface area contributed by atoms with Crippen LogP contribution in [0.5, 0.6) is 0 Å². The zero-order valence-corrected chi connectivity index (χ0v) is 11.6. The van der Waals surface area contributed by atoms with Gasteiger partial charge >= 0.3 is 0 Å². The number of aryl methyl sites for hydroxylation is 1. The van der Waals surface area contributed by atoms with E-state index in [1.54, 1.807) is 23.1 Å². The zero-order valence-electron chi connectivity index (χ0n) is 11.6. The minimum atomic E-state index is -0.164. The minimum Gasteiger partial charge on any atom is -0.351 e. The lowest BCUT2D eigenvalue weighted by Crippen LogP contribution is -2.28. The van der Waals surface area contributed by atoms with E-state index in [-0.39, 0.29) is 5.91 Å². The second kappa shape index (κ2) is 5.70. The predicted molar refractivity (Wildman–Crippen MR) is 74.8 cm³/mol. The van der Waals surface area contributed by atoms with E-state index in [1.165, 1.54) is 6.33 Å². The Bertz CT molecular complexity index is 747. The largest absolute Gasteiger partial charge is 0.351 e. The van der Waals surface area contributed by atoms with Crippen molar-refractivity contribution in [2.24, 2.45) is 0 Å². The molecule has 0 saturated heterocycles. The van der Waals surface area contributed by atoms with Gasteiger partial charge in [0.25, 0.3) is 11.7 Å². The van der Waals surface area contributed by atoms with Gasteiger partial charge in [0.2, 0.25) is 0 Å². The molecule has 3 aromatic rings. The summed E-state index contributed by atoms with van der Waals surface area (Å²) in [4.78, 5) is 27.5. The summed E-state index contributed by atoms with van der Waals surface area (Å²) in [7, 11) is 0. The van der Waals surface area contributed by atoms with Crippen LogP contribution in [0.4, 0.5) is 0 Å². The van der Waals surface area contributed by atoms with Crippen LogP contribution in [0.2, 0.25) is 0 Å². The topological polar surface area (TPSA) is 101 Å². The molecule has 0 aliphatic carbocycles. The lowest BCUT2D eigenvalue weighted by molar-refractivity contribution is 0.0952. The molecule has 0 atom stereocenters. The highest BCUT2D eigenvalue weighted by molar-refractivity contribution is 5.95. The van der Waals surface area contributed by atoms with E-state index in [0.29, 0.717) is 30.7 Å². The van der Waals surface area contributed by atoms with Gasteiger partial charge in [0, 0.05) is 31.6 Å². The van der Waals surface area contributed by atoms with Crippen molar-refractivity contribution in [1.82, 2.24) is 34.9 Å². The molecule has 0 aliphatic rings. The summed E-state index contributed by atoms with van der Waals surface area (Å²) < 4.78 is 1.60. The molecule has 8 nitrogen and oxygen atoms in total. The maximum absolute atomic E-state index is 12.3. The van der Waals surface area contributed by atoms with E-state index in [0.717, 1.165) is 11.5 Å². The molecule has 8 heteroatoms. The Morgan fingerprint density at radius 3 is 3.05 bits per heavy atom. The summed E-state index contributed by atoms with van der Waals surface area (Å²) in [5.41, 5.74) is 1.32. The van der Waals surface area contributed by atoms with Gasteiger partial charge in [-0.05, 0) is 6.42 Å². The van der Waals surface area contributed by atoms with Crippen molar-refractivity contribution in [1.29, 1.82) is 0 Å². The smallest absolute Gasteiger partial charge is 0.254 e. The van der Waals surface area contributed by atoms with Crippen LogP contribution in [0.1, 0.15) is 28.8 Å². The number of nitrogens with zero attached hydrogens (tertiary/aromatic N) is 5. The molecule has 0 aromatic carbocycles. The van der Waals surface area contributed by atoms with Gasteiger partial charge in [-0.2, -0.15) is 10.1 Å². The predicted octanol–water partition coefficient (Wildman–Crippen LogP) is 0.382. The first-order chi connectivity index (χ1) is 10.3. The number of aromatic amines is 1. The first kappa shape index (κ1) is 13.2. The number of rotatable bonds is 5. The number of nitrogens with one attached hydrogen (secondary N) is 2. The molecule has 21 heavy (non-hydrogen) atoms. The quantitative estimate of drug-likeness (QED) is 0.706. The molecule has 0 fully saturated rings. The van der Waals surface area contributed by atoms with E-state index in [9.17, 15) is 4.79 Å². The van der Waals surface area contributed by atoms with Crippen LogP contribution in [-0.2, 0) is 12.8 Å². The van der Waals surface area contributed by atoms with Crippen molar-refractivity contribution in [3.05, 3.63) is 42.0 Å². The minimum absolute atomic E-state index is 0.164. The fourth-order valence-electron chi connectivity index (χ4n) is 2.18. The third-order valence-corrected chi connectivity index (χ3v) is 3.19. The molecule has 0 aliphatic heterocycles. The number of carbonyl (C=O) groups excluding carboxylic acids is 1. The molecular formula is C13H15N7O. The van der Waals surface area contributed by atoms with Gasteiger partial charge in [0.15, 0.2) is 0 Å². The molecule has 0 spiro atoms. The summed E-state index contributed by atoms with van der Waals surface area (Å²) in [6.45, 7) is 2.47. The van der Waals surface area contributed by atoms with Crippen molar-refractivity contribution >= 4 is 11.7 Å². The lowest BCUT2D eigenvalue weighted by Gasteiger charge is -2.09. The monoisotopic (exact) mass is 285 g/mol. The SMILES string of the molecule is CCc1c(C(=O)NCCc2ncc[nH]2)cnc2ncnn12.